The van der Waals surface area contributed by atoms with Crippen molar-refractivity contribution in [3.05, 3.63) is 36.5 Å². The molecular weight excluding hydrogens is 232 g/mol. The minimum absolute atomic E-state index is 0.621. The summed E-state index contributed by atoms with van der Waals surface area (Å²) in [5.74, 6) is 0.643. The van der Waals surface area contributed by atoms with Gasteiger partial charge in [-0.3, -0.25) is 9.88 Å². The minimum Gasteiger partial charge on any atom is -0.299 e. The van der Waals surface area contributed by atoms with Crippen LogP contribution in [0.15, 0.2) is 24.5 Å². The van der Waals surface area contributed by atoms with Crippen molar-refractivity contribution in [2.24, 2.45) is 5.92 Å². The fourth-order valence-corrected chi connectivity index (χ4v) is 2.58. The predicted octanol–water partition coefficient (Wildman–Crippen LogP) is 4.17. The third-order valence-corrected chi connectivity index (χ3v) is 3.72. The number of hydrogen-bond donors (Lipinski definition) is 0. The first-order valence-corrected chi connectivity index (χ1v) is 7.55. The van der Waals surface area contributed by atoms with Gasteiger partial charge in [-0.25, -0.2) is 0 Å². The van der Waals surface area contributed by atoms with E-state index in [9.17, 15) is 0 Å². The van der Waals surface area contributed by atoms with Gasteiger partial charge in [-0.05, 0) is 64.6 Å². The molecule has 1 aromatic rings. The molecule has 0 N–H and O–H groups in total. The molecule has 0 bridgehead atoms. The Balaban J connectivity index is 2.48. The van der Waals surface area contributed by atoms with Crippen LogP contribution >= 0.6 is 0 Å². The van der Waals surface area contributed by atoms with E-state index < -0.39 is 0 Å². The number of rotatable bonds is 8. The molecule has 2 nitrogen and oxygen atoms in total. The van der Waals surface area contributed by atoms with Crippen molar-refractivity contribution in [3.8, 4) is 0 Å². The molecule has 1 aromatic heterocycles. The second-order valence-corrected chi connectivity index (χ2v) is 5.84. The van der Waals surface area contributed by atoms with Gasteiger partial charge in [0.05, 0.1) is 0 Å². The summed E-state index contributed by atoms with van der Waals surface area (Å²) in [4.78, 5) is 6.75. The predicted molar refractivity (Wildman–Crippen MR) is 83.0 cm³/mol. The highest BCUT2D eigenvalue weighted by Crippen LogP contribution is 2.19. The normalized spacial score (nSPS) is 13.5. The molecule has 1 atom stereocenters. The van der Waals surface area contributed by atoms with E-state index in [1.807, 2.05) is 18.5 Å². The van der Waals surface area contributed by atoms with Crippen LogP contribution in [0, 0.1) is 12.3 Å². The van der Waals surface area contributed by atoms with E-state index in [2.05, 4.69) is 57.0 Å². The van der Waals surface area contributed by atoms with Gasteiger partial charge in [0.1, 0.15) is 0 Å². The Bertz CT molecular complexity index is 324. The summed E-state index contributed by atoms with van der Waals surface area (Å²) in [6.45, 7) is 12.6. The minimum atomic E-state index is 0.621. The molecular formula is C17H29N2. The van der Waals surface area contributed by atoms with E-state index in [1.54, 1.807) is 0 Å². The average Bonchev–Trinajstić information content (AvgIpc) is 2.38. The van der Waals surface area contributed by atoms with Crippen LogP contribution in [0.4, 0.5) is 0 Å². The standard InChI is InChI=1S/C17H29N2/c1-6-16(12-17-8-7-10-18-13-17)9-11-19(14(2)3)15(4)5/h7-8,10,12-16H,6,9,11H2,1-5H3. The molecule has 1 unspecified atom stereocenters. The van der Waals surface area contributed by atoms with Gasteiger partial charge in [-0.1, -0.05) is 19.4 Å². The van der Waals surface area contributed by atoms with Crippen LogP contribution < -0.4 is 0 Å². The molecule has 0 aromatic carbocycles. The highest BCUT2D eigenvalue weighted by atomic mass is 15.2. The molecule has 107 valence electrons. The molecule has 0 aliphatic carbocycles. The first-order valence-electron chi connectivity index (χ1n) is 7.55. The molecule has 1 radical (unpaired) electrons. The molecule has 0 saturated carbocycles. The van der Waals surface area contributed by atoms with Crippen molar-refractivity contribution in [3.63, 3.8) is 0 Å². The zero-order chi connectivity index (χ0) is 14.3. The second kappa shape index (κ2) is 8.31. The Morgan fingerprint density at radius 1 is 1.21 bits per heavy atom. The van der Waals surface area contributed by atoms with E-state index in [0.717, 1.165) is 0 Å². The summed E-state index contributed by atoms with van der Waals surface area (Å²) in [5, 5.41) is 0. The Hall–Kier alpha value is -0.890. The van der Waals surface area contributed by atoms with Crippen molar-refractivity contribution >= 4 is 0 Å². The molecule has 0 amide bonds. The molecule has 0 saturated heterocycles. The van der Waals surface area contributed by atoms with E-state index in [0.29, 0.717) is 18.0 Å². The average molecular weight is 261 g/mol. The Kier molecular flexibility index (Phi) is 7.07. The molecule has 1 heterocycles. The molecule has 1 rings (SSSR count). The van der Waals surface area contributed by atoms with Crippen LogP contribution in [0.1, 0.15) is 53.0 Å². The van der Waals surface area contributed by atoms with E-state index in [1.165, 1.54) is 24.9 Å². The molecule has 0 fully saturated rings. The SMILES string of the molecule is CCC([CH]c1cccnc1)CCN(C(C)C)C(C)C. The van der Waals surface area contributed by atoms with Gasteiger partial charge in [0, 0.05) is 24.5 Å². The fourth-order valence-electron chi connectivity index (χ4n) is 2.58. The van der Waals surface area contributed by atoms with Crippen LogP contribution in [0.25, 0.3) is 0 Å². The lowest BCUT2D eigenvalue weighted by atomic mass is 9.94. The third-order valence-electron chi connectivity index (χ3n) is 3.72. The summed E-state index contributed by atoms with van der Waals surface area (Å²) in [6, 6.07) is 5.39. The number of pyridine rings is 1. The van der Waals surface area contributed by atoms with Gasteiger partial charge in [-0.15, -0.1) is 0 Å². The molecule has 2 heteroatoms. The van der Waals surface area contributed by atoms with Crippen molar-refractivity contribution in [2.45, 2.75) is 59.5 Å². The summed E-state index contributed by atoms with van der Waals surface area (Å²) in [5.41, 5.74) is 1.25. The van der Waals surface area contributed by atoms with Crippen molar-refractivity contribution in [1.82, 2.24) is 9.88 Å². The van der Waals surface area contributed by atoms with Crippen molar-refractivity contribution in [1.29, 1.82) is 0 Å². The molecule has 0 aliphatic rings. The quantitative estimate of drug-likeness (QED) is 0.698. The maximum absolute atomic E-state index is 4.18. The van der Waals surface area contributed by atoms with Gasteiger partial charge in [0.15, 0.2) is 0 Å². The zero-order valence-corrected chi connectivity index (χ0v) is 13.1. The van der Waals surface area contributed by atoms with Crippen molar-refractivity contribution in [2.75, 3.05) is 6.54 Å². The first-order chi connectivity index (χ1) is 9.04. The van der Waals surface area contributed by atoms with Crippen LogP contribution in [-0.4, -0.2) is 28.5 Å². The third kappa shape index (κ3) is 5.73. The van der Waals surface area contributed by atoms with Gasteiger partial charge < -0.3 is 0 Å². The first kappa shape index (κ1) is 16.2. The number of nitrogens with zero attached hydrogens (tertiary/aromatic N) is 2. The summed E-state index contributed by atoms with van der Waals surface area (Å²) in [6.07, 6.45) is 8.56. The number of aromatic nitrogens is 1. The van der Waals surface area contributed by atoms with Crippen LogP contribution in [0.3, 0.4) is 0 Å². The highest BCUT2D eigenvalue weighted by molar-refractivity contribution is 5.19. The smallest absolute Gasteiger partial charge is 0.0303 e. The Morgan fingerprint density at radius 2 is 1.89 bits per heavy atom. The molecule has 0 spiro atoms. The molecule has 19 heavy (non-hydrogen) atoms. The lowest BCUT2D eigenvalue weighted by molar-refractivity contribution is 0.165. The maximum atomic E-state index is 4.18. The van der Waals surface area contributed by atoms with E-state index in [-0.39, 0.29) is 0 Å². The lowest BCUT2D eigenvalue weighted by Crippen LogP contribution is -2.38. The fraction of sp³-hybridized carbons (Fsp3) is 0.647. The molecule has 0 aliphatic heterocycles. The van der Waals surface area contributed by atoms with E-state index >= 15 is 0 Å². The van der Waals surface area contributed by atoms with Gasteiger partial charge in [-0.2, -0.15) is 0 Å². The highest BCUT2D eigenvalue weighted by Gasteiger charge is 2.16. The topological polar surface area (TPSA) is 16.1 Å². The largest absolute Gasteiger partial charge is 0.299 e. The number of hydrogen-bond acceptors (Lipinski definition) is 2. The second-order valence-electron chi connectivity index (χ2n) is 5.84. The summed E-state index contributed by atoms with van der Waals surface area (Å²) < 4.78 is 0. The van der Waals surface area contributed by atoms with Crippen LogP contribution in [0.2, 0.25) is 0 Å². The van der Waals surface area contributed by atoms with Gasteiger partial charge in [0.2, 0.25) is 0 Å². The van der Waals surface area contributed by atoms with Gasteiger partial charge >= 0.3 is 0 Å². The Morgan fingerprint density at radius 3 is 2.37 bits per heavy atom. The van der Waals surface area contributed by atoms with Crippen LogP contribution in [-0.2, 0) is 0 Å². The van der Waals surface area contributed by atoms with Crippen LogP contribution in [0.5, 0.6) is 0 Å². The lowest BCUT2D eigenvalue weighted by Gasteiger charge is -2.31. The zero-order valence-electron chi connectivity index (χ0n) is 13.1. The summed E-state index contributed by atoms with van der Waals surface area (Å²) >= 11 is 0. The van der Waals surface area contributed by atoms with E-state index in [4.69, 9.17) is 0 Å². The summed E-state index contributed by atoms with van der Waals surface area (Å²) in [7, 11) is 0. The maximum Gasteiger partial charge on any atom is 0.0303 e. The van der Waals surface area contributed by atoms with Crippen molar-refractivity contribution < 1.29 is 0 Å². The monoisotopic (exact) mass is 261 g/mol. The van der Waals surface area contributed by atoms with Gasteiger partial charge in [0.25, 0.3) is 0 Å². The Labute approximate surface area is 119 Å².